The molecular formula is C14H18N2. The number of nitrogens with zero attached hydrogens (tertiary/aromatic N) is 2. The Morgan fingerprint density at radius 1 is 0.688 bits per heavy atom. The smallest absolute Gasteiger partial charge is 0.0710 e. The van der Waals surface area contributed by atoms with Gasteiger partial charge in [-0.15, -0.1) is 0 Å². The number of hydrogen-bond donors (Lipinski definition) is 0. The van der Waals surface area contributed by atoms with Gasteiger partial charge in [0.05, 0.1) is 12.1 Å². The van der Waals surface area contributed by atoms with Gasteiger partial charge in [-0.05, 0) is 37.4 Å². The van der Waals surface area contributed by atoms with Crippen molar-refractivity contribution in [2.75, 3.05) is 13.1 Å². The lowest BCUT2D eigenvalue weighted by atomic mass is 9.98. The van der Waals surface area contributed by atoms with E-state index in [1.165, 1.54) is 25.9 Å². The lowest BCUT2D eigenvalue weighted by Gasteiger charge is -2.43. The Bertz CT molecular complexity index is 329. The van der Waals surface area contributed by atoms with E-state index in [1.54, 1.807) is 0 Å². The highest BCUT2D eigenvalue weighted by atomic mass is 15.2. The minimum atomic E-state index is 0.506. The minimum Gasteiger partial charge on any atom is -0.369 e. The molecule has 3 aliphatic heterocycles. The molecule has 3 aliphatic rings. The van der Waals surface area contributed by atoms with Crippen molar-refractivity contribution < 1.29 is 0 Å². The maximum absolute atomic E-state index is 2.47. The molecule has 0 N–H and O–H groups in total. The standard InChI is InChI=1S/C14H18N2/c1-3-9-15-11-5-6-12-16-10-4-2-8-14(16)13(15)7-1/h1-4,7-10,13-14H,5-6,11-12H2/t13-,14+. The van der Waals surface area contributed by atoms with E-state index in [-0.39, 0.29) is 0 Å². The van der Waals surface area contributed by atoms with Gasteiger partial charge in [-0.25, -0.2) is 0 Å². The van der Waals surface area contributed by atoms with Gasteiger partial charge in [0, 0.05) is 13.1 Å². The lowest BCUT2D eigenvalue weighted by Crippen LogP contribution is -2.49. The van der Waals surface area contributed by atoms with Crippen LogP contribution in [0.2, 0.25) is 0 Å². The molecule has 0 aromatic rings. The zero-order chi connectivity index (χ0) is 10.8. The summed E-state index contributed by atoms with van der Waals surface area (Å²) in [5.74, 6) is 0. The molecule has 0 aromatic carbocycles. The molecule has 2 heteroatoms. The number of allylic oxidation sites excluding steroid dienone is 4. The van der Waals surface area contributed by atoms with Gasteiger partial charge in [0.15, 0.2) is 0 Å². The van der Waals surface area contributed by atoms with Gasteiger partial charge in [0.25, 0.3) is 0 Å². The molecule has 1 fully saturated rings. The molecule has 2 nitrogen and oxygen atoms in total. The first-order valence-electron chi connectivity index (χ1n) is 6.17. The van der Waals surface area contributed by atoms with Gasteiger partial charge >= 0.3 is 0 Å². The molecule has 0 saturated carbocycles. The van der Waals surface area contributed by atoms with Crippen molar-refractivity contribution in [1.82, 2.24) is 9.80 Å². The predicted molar refractivity (Wildman–Crippen MR) is 66.8 cm³/mol. The highest BCUT2D eigenvalue weighted by molar-refractivity contribution is 5.24. The zero-order valence-corrected chi connectivity index (χ0v) is 9.50. The topological polar surface area (TPSA) is 6.48 Å². The maximum atomic E-state index is 2.47. The highest BCUT2D eigenvalue weighted by Gasteiger charge is 2.28. The van der Waals surface area contributed by atoms with E-state index in [0.29, 0.717) is 12.1 Å². The van der Waals surface area contributed by atoms with Crippen LogP contribution in [0.5, 0.6) is 0 Å². The fourth-order valence-corrected chi connectivity index (χ4v) is 2.75. The summed E-state index contributed by atoms with van der Waals surface area (Å²) in [7, 11) is 0. The van der Waals surface area contributed by atoms with Crippen LogP contribution in [0.1, 0.15) is 12.8 Å². The minimum absolute atomic E-state index is 0.506. The third kappa shape index (κ3) is 1.69. The summed E-state index contributed by atoms with van der Waals surface area (Å²) in [5.41, 5.74) is 0. The molecule has 3 heterocycles. The summed E-state index contributed by atoms with van der Waals surface area (Å²) in [6, 6.07) is 1.01. The lowest BCUT2D eigenvalue weighted by molar-refractivity contribution is 0.171. The van der Waals surface area contributed by atoms with Crippen LogP contribution >= 0.6 is 0 Å². The third-order valence-electron chi connectivity index (χ3n) is 3.59. The molecule has 0 aromatic heterocycles. The van der Waals surface area contributed by atoms with E-state index < -0.39 is 0 Å². The first kappa shape index (κ1) is 9.76. The van der Waals surface area contributed by atoms with Crippen LogP contribution in [0, 0.1) is 0 Å². The van der Waals surface area contributed by atoms with E-state index in [0.717, 1.165) is 0 Å². The Hall–Kier alpha value is -1.44. The second-order valence-electron chi connectivity index (χ2n) is 4.62. The van der Waals surface area contributed by atoms with Gasteiger partial charge in [0.1, 0.15) is 0 Å². The predicted octanol–water partition coefficient (Wildman–Crippen LogP) is 2.29. The van der Waals surface area contributed by atoms with Crippen LogP contribution < -0.4 is 0 Å². The molecule has 0 unspecified atom stereocenters. The zero-order valence-electron chi connectivity index (χ0n) is 9.50. The van der Waals surface area contributed by atoms with Crippen molar-refractivity contribution in [1.29, 1.82) is 0 Å². The maximum Gasteiger partial charge on any atom is 0.0710 e. The number of rotatable bonds is 0. The Kier molecular flexibility index (Phi) is 2.56. The molecule has 1 saturated heterocycles. The normalized spacial score (nSPS) is 32.0. The Morgan fingerprint density at radius 2 is 1.19 bits per heavy atom. The number of hydrogen-bond acceptors (Lipinski definition) is 2. The summed E-state index contributed by atoms with van der Waals surface area (Å²) < 4.78 is 0. The summed E-state index contributed by atoms with van der Waals surface area (Å²) in [6.07, 6.45) is 20.3. The molecule has 0 aliphatic carbocycles. The van der Waals surface area contributed by atoms with Crippen LogP contribution in [0.25, 0.3) is 0 Å². The van der Waals surface area contributed by atoms with Gasteiger partial charge in [0.2, 0.25) is 0 Å². The van der Waals surface area contributed by atoms with Crippen molar-refractivity contribution in [2.45, 2.75) is 24.9 Å². The Labute approximate surface area is 97.2 Å². The average Bonchev–Trinajstić information content (AvgIpc) is 2.33. The van der Waals surface area contributed by atoms with Crippen LogP contribution in [-0.4, -0.2) is 35.0 Å². The van der Waals surface area contributed by atoms with E-state index >= 15 is 0 Å². The molecule has 0 spiro atoms. The second-order valence-corrected chi connectivity index (χ2v) is 4.62. The Balaban J connectivity index is 1.88. The molecule has 3 rings (SSSR count). The molecule has 0 amide bonds. The van der Waals surface area contributed by atoms with E-state index in [1.807, 2.05) is 0 Å². The molecular weight excluding hydrogens is 196 g/mol. The Morgan fingerprint density at radius 3 is 1.69 bits per heavy atom. The fraction of sp³-hybridized carbons (Fsp3) is 0.429. The van der Waals surface area contributed by atoms with Crippen molar-refractivity contribution >= 4 is 0 Å². The van der Waals surface area contributed by atoms with Crippen molar-refractivity contribution in [3.63, 3.8) is 0 Å². The second kappa shape index (κ2) is 4.20. The highest BCUT2D eigenvalue weighted by Crippen LogP contribution is 2.23. The van der Waals surface area contributed by atoms with Crippen molar-refractivity contribution in [3.8, 4) is 0 Å². The van der Waals surface area contributed by atoms with Crippen LogP contribution in [-0.2, 0) is 0 Å². The first-order valence-corrected chi connectivity index (χ1v) is 6.17. The summed E-state index contributed by atoms with van der Waals surface area (Å²) >= 11 is 0. The van der Waals surface area contributed by atoms with E-state index in [2.05, 4.69) is 58.7 Å². The summed E-state index contributed by atoms with van der Waals surface area (Å²) in [6.45, 7) is 2.38. The molecule has 2 atom stereocenters. The largest absolute Gasteiger partial charge is 0.369 e. The van der Waals surface area contributed by atoms with Crippen molar-refractivity contribution in [2.24, 2.45) is 0 Å². The fourth-order valence-electron chi connectivity index (χ4n) is 2.75. The van der Waals surface area contributed by atoms with Crippen molar-refractivity contribution in [3.05, 3.63) is 48.9 Å². The van der Waals surface area contributed by atoms with Gasteiger partial charge in [-0.3, -0.25) is 0 Å². The van der Waals surface area contributed by atoms with Crippen LogP contribution in [0.4, 0.5) is 0 Å². The molecule has 84 valence electrons. The monoisotopic (exact) mass is 214 g/mol. The number of fused-ring (bicyclic) bond motifs is 3. The summed E-state index contributed by atoms with van der Waals surface area (Å²) in [4.78, 5) is 4.95. The SMILES string of the molecule is C1=C[C@@H]2[C@@H]3C=CC=CN3CCCCN2C=C1. The van der Waals surface area contributed by atoms with Gasteiger partial charge < -0.3 is 9.80 Å². The summed E-state index contributed by atoms with van der Waals surface area (Å²) in [5, 5.41) is 0. The molecule has 0 radical (unpaired) electrons. The van der Waals surface area contributed by atoms with Crippen LogP contribution in [0.3, 0.4) is 0 Å². The van der Waals surface area contributed by atoms with E-state index in [4.69, 9.17) is 0 Å². The third-order valence-corrected chi connectivity index (χ3v) is 3.59. The van der Waals surface area contributed by atoms with E-state index in [9.17, 15) is 0 Å². The average molecular weight is 214 g/mol. The van der Waals surface area contributed by atoms with Gasteiger partial charge in [-0.1, -0.05) is 24.3 Å². The first-order chi connectivity index (χ1) is 7.95. The molecule has 0 bridgehead atoms. The van der Waals surface area contributed by atoms with Gasteiger partial charge in [-0.2, -0.15) is 0 Å². The van der Waals surface area contributed by atoms with Crippen LogP contribution in [0.15, 0.2) is 48.9 Å². The molecule has 16 heavy (non-hydrogen) atoms. The quantitative estimate of drug-likeness (QED) is 0.610.